The molecule has 13 heteroatoms. The Labute approximate surface area is 210 Å². The summed E-state index contributed by atoms with van der Waals surface area (Å²) in [5.41, 5.74) is 0.487. The number of methoxy groups -OCH3 is 3. The summed E-state index contributed by atoms with van der Waals surface area (Å²) in [4.78, 5) is 29.8. The Morgan fingerprint density at radius 3 is 2.39 bits per heavy atom. The van der Waals surface area contributed by atoms with Gasteiger partial charge in [-0.2, -0.15) is 9.30 Å². The molecule has 1 amide bonds. The van der Waals surface area contributed by atoms with Crippen LogP contribution in [0.4, 0.5) is 4.39 Å². The minimum atomic E-state index is -4.05. The van der Waals surface area contributed by atoms with Crippen LogP contribution in [0.1, 0.15) is 12.8 Å². The monoisotopic (exact) mass is 537 g/mol. The van der Waals surface area contributed by atoms with Crippen molar-refractivity contribution < 1.29 is 36.6 Å². The number of carbonyl (C=O) groups excluding carboxylic acids is 2. The van der Waals surface area contributed by atoms with E-state index in [-0.39, 0.29) is 29.2 Å². The number of halogens is 1. The summed E-state index contributed by atoms with van der Waals surface area (Å²) in [5, 5.41) is 0. The molecule has 4 rings (SSSR count). The van der Waals surface area contributed by atoms with E-state index < -0.39 is 33.8 Å². The van der Waals surface area contributed by atoms with Crippen molar-refractivity contribution >= 4 is 43.5 Å². The van der Waals surface area contributed by atoms with Gasteiger partial charge in [0.2, 0.25) is 10.0 Å². The van der Waals surface area contributed by atoms with E-state index in [4.69, 9.17) is 14.2 Å². The molecule has 1 aliphatic heterocycles. The molecule has 192 valence electrons. The minimum absolute atomic E-state index is 0.110. The number of sulfonamides is 1. The molecule has 1 unspecified atom stereocenters. The van der Waals surface area contributed by atoms with Crippen LogP contribution in [0, 0.1) is 5.82 Å². The number of aromatic nitrogens is 1. The maximum Gasteiger partial charge on any atom is 0.325 e. The Morgan fingerprint density at radius 2 is 1.75 bits per heavy atom. The Hall–Kier alpha value is -3.29. The van der Waals surface area contributed by atoms with Gasteiger partial charge in [0, 0.05) is 6.54 Å². The molecular weight excluding hydrogens is 513 g/mol. The van der Waals surface area contributed by atoms with Gasteiger partial charge in [-0.1, -0.05) is 11.3 Å². The number of hydrogen-bond acceptors (Lipinski definition) is 8. The van der Waals surface area contributed by atoms with Crippen LogP contribution in [0.3, 0.4) is 0 Å². The lowest BCUT2D eigenvalue weighted by Gasteiger charge is -2.21. The predicted molar refractivity (Wildman–Crippen MR) is 129 cm³/mol. The smallest absolute Gasteiger partial charge is 0.325 e. The lowest BCUT2D eigenvalue weighted by molar-refractivity contribution is -0.141. The largest absolute Gasteiger partial charge is 0.495 e. The van der Waals surface area contributed by atoms with Crippen molar-refractivity contribution in [2.24, 2.45) is 4.99 Å². The second-order valence-electron chi connectivity index (χ2n) is 7.87. The lowest BCUT2D eigenvalue weighted by atomic mass is 10.2. The molecule has 2 heterocycles. The maximum absolute atomic E-state index is 13.3. The van der Waals surface area contributed by atoms with E-state index in [1.165, 1.54) is 25.9 Å². The summed E-state index contributed by atoms with van der Waals surface area (Å²) in [6.07, 6.45) is 0.736. The van der Waals surface area contributed by atoms with Gasteiger partial charge in [-0.15, -0.1) is 0 Å². The standard InChI is InChI=1S/C23H24FN3O7S2/c1-32-17-10-11-18(33-2)21-20(17)26(13-19(28)34-3)23(35-21)25-22(29)16-5-4-12-27(16)36(30,31)15-8-6-14(24)7-9-15/h6-11,16H,4-5,12-13H2,1-3H3. The quantitative estimate of drug-likeness (QED) is 0.425. The van der Waals surface area contributed by atoms with E-state index in [9.17, 15) is 22.4 Å². The van der Waals surface area contributed by atoms with Crippen LogP contribution in [0.2, 0.25) is 0 Å². The maximum atomic E-state index is 13.3. The fraction of sp³-hybridized carbons (Fsp3) is 0.348. The van der Waals surface area contributed by atoms with Crippen LogP contribution in [0.5, 0.6) is 11.5 Å². The number of benzene rings is 2. The molecule has 1 aromatic heterocycles. The molecule has 1 atom stereocenters. The Morgan fingerprint density at radius 1 is 1.08 bits per heavy atom. The molecule has 10 nitrogen and oxygen atoms in total. The van der Waals surface area contributed by atoms with E-state index in [0.29, 0.717) is 28.1 Å². The van der Waals surface area contributed by atoms with E-state index in [1.807, 2.05) is 0 Å². The first-order chi connectivity index (χ1) is 17.2. The minimum Gasteiger partial charge on any atom is -0.495 e. The average Bonchev–Trinajstić information content (AvgIpc) is 3.50. The zero-order valence-electron chi connectivity index (χ0n) is 19.8. The lowest BCUT2D eigenvalue weighted by Crippen LogP contribution is -2.40. The first-order valence-electron chi connectivity index (χ1n) is 10.9. The van der Waals surface area contributed by atoms with Crippen LogP contribution in [-0.4, -0.2) is 63.1 Å². The van der Waals surface area contributed by atoms with Crippen LogP contribution in [-0.2, 0) is 30.9 Å². The van der Waals surface area contributed by atoms with Gasteiger partial charge in [0.05, 0.1) is 26.2 Å². The van der Waals surface area contributed by atoms with Gasteiger partial charge >= 0.3 is 5.97 Å². The van der Waals surface area contributed by atoms with Gasteiger partial charge in [-0.05, 0) is 49.2 Å². The number of ether oxygens (including phenoxy) is 3. The number of hydrogen-bond donors (Lipinski definition) is 0. The first kappa shape index (κ1) is 25.8. The van der Waals surface area contributed by atoms with Crippen molar-refractivity contribution in [2.75, 3.05) is 27.9 Å². The van der Waals surface area contributed by atoms with E-state index >= 15 is 0 Å². The molecule has 0 spiro atoms. The number of esters is 1. The highest BCUT2D eigenvalue weighted by Gasteiger charge is 2.39. The van der Waals surface area contributed by atoms with Gasteiger partial charge in [0.1, 0.15) is 40.1 Å². The summed E-state index contributed by atoms with van der Waals surface area (Å²) in [7, 11) is 0.154. The van der Waals surface area contributed by atoms with Gasteiger partial charge in [-0.3, -0.25) is 9.59 Å². The normalized spacial score (nSPS) is 16.9. The third kappa shape index (κ3) is 4.73. The first-order valence-corrected chi connectivity index (χ1v) is 13.1. The summed E-state index contributed by atoms with van der Waals surface area (Å²) in [5.74, 6) is -0.897. The highest BCUT2D eigenvalue weighted by atomic mass is 32.2. The molecule has 2 aromatic carbocycles. The second-order valence-corrected chi connectivity index (χ2v) is 10.7. The van der Waals surface area contributed by atoms with Crippen molar-refractivity contribution in [3.05, 3.63) is 47.0 Å². The molecular formula is C23H24FN3O7S2. The van der Waals surface area contributed by atoms with Crippen molar-refractivity contribution in [3.8, 4) is 11.5 Å². The van der Waals surface area contributed by atoms with Crippen molar-refractivity contribution in [2.45, 2.75) is 30.3 Å². The highest BCUT2D eigenvalue weighted by molar-refractivity contribution is 7.89. The molecule has 3 aromatic rings. The molecule has 0 radical (unpaired) electrons. The summed E-state index contributed by atoms with van der Waals surface area (Å²) < 4.78 is 58.6. The number of nitrogens with zero attached hydrogens (tertiary/aromatic N) is 3. The number of thiazole rings is 1. The number of rotatable bonds is 7. The second kappa shape index (κ2) is 10.4. The third-order valence-electron chi connectivity index (χ3n) is 5.82. The molecule has 1 saturated heterocycles. The van der Waals surface area contributed by atoms with Crippen LogP contribution >= 0.6 is 11.3 Å². The van der Waals surface area contributed by atoms with Crippen molar-refractivity contribution in [1.29, 1.82) is 0 Å². The molecule has 1 fully saturated rings. The van der Waals surface area contributed by atoms with Crippen LogP contribution < -0.4 is 14.3 Å². The molecule has 0 aliphatic carbocycles. The van der Waals surface area contributed by atoms with Crippen molar-refractivity contribution in [1.82, 2.24) is 8.87 Å². The summed E-state index contributed by atoms with van der Waals surface area (Å²) in [6, 6.07) is 6.75. The fourth-order valence-corrected chi connectivity index (χ4v) is 6.86. The van der Waals surface area contributed by atoms with Gasteiger partial charge in [-0.25, -0.2) is 12.8 Å². The average molecular weight is 538 g/mol. The summed E-state index contributed by atoms with van der Waals surface area (Å²) >= 11 is 1.10. The van der Waals surface area contributed by atoms with Crippen molar-refractivity contribution in [3.63, 3.8) is 0 Å². The number of carbonyl (C=O) groups is 2. The molecule has 0 bridgehead atoms. The number of amides is 1. The SMILES string of the molecule is COC(=O)Cn1c(=NC(=O)C2CCCN2S(=O)(=O)c2ccc(F)cc2)sc2c(OC)ccc(OC)c21. The number of fused-ring (bicyclic) bond motifs is 1. The molecule has 0 N–H and O–H groups in total. The Balaban J connectivity index is 1.81. The highest BCUT2D eigenvalue weighted by Crippen LogP contribution is 2.35. The Bertz CT molecular complexity index is 1480. The zero-order chi connectivity index (χ0) is 26.0. The predicted octanol–water partition coefficient (Wildman–Crippen LogP) is 2.31. The van der Waals surface area contributed by atoms with E-state index in [1.54, 1.807) is 12.1 Å². The van der Waals surface area contributed by atoms with Gasteiger partial charge in [0.15, 0.2) is 4.80 Å². The Kier molecular flexibility index (Phi) is 7.43. The molecule has 0 saturated carbocycles. The van der Waals surface area contributed by atoms with E-state index in [0.717, 1.165) is 39.9 Å². The molecule has 1 aliphatic rings. The van der Waals surface area contributed by atoms with Crippen LogP contribution in [0.25, 0.3) is 10.2 Å². The van der Waals surface area contributed by atoms with E-state index in [2.05, 4.69) is 4.99 Å². The summed E-state index contributed by atoms with van der Waals surface area (Å²) in [6.45, 7) is -0.129. The topological polar surface area (TPSA) is 116 Å². The van der Waals surface area contributed by atoms with Gasteiger partial charge in [0.25, 0.3) is 5.91 Å². The van der Waals surface area contributed by atoms with Crippen LogP contribution in [0.15, 0.2) is 46.3 Å². The fourth-order valence-electron chi connectivity index (χ4n) is 4.07. The molecule has 36 heavy (non-hydrogen) atoms. The zero-order valence-corrected chi connectivity index (χ0v) is 21.4. The third-order valence-corrected chi connectivity index (χ3v) is 8.84. The van der Waals surface area contributed by atoms with Gasteiger partial charge < -0.3 is 18.8 Å².